The number of carboxylic acids is 1. The first-order chi connectivity index (χ1) is 18.2. The third-order valence-corrected chi connectivity index (χ3v) is 6.35. The summed E-state index contributed by atoms with van der Waals surface area (Å²) in [6.07, 6.45) is -11.1. The number of para-hydroxylation sites is 1. The van der Waals surface area contributed by atoms with Gasteiger partial charge in [0.2, 0.25) is 0 Å². The van der Waals surface area contributed by atoms with Crippen molar-refractivity contribution in [3.05, 3.63) is 59.1 Å². The fourth-order valence-electron chi connectivity index (χ4n) is 4.07. The van der Waals surface area contributed by atoms with E-state index in [2.05, 4.69) is 15.5 Å². The van der Waals surface area contributed by atoms with Gasteiger partial charge in [0.15, 0.2) is 18.6 Å². The van der Waals surface area contributed by atoms with Crippen LogP contribution in [0.3, 0.4) is 0 Å². The quantitative estimate of drug-likeness (QED) is 0.269. The van der Waals surface area contributed by atoms with Crippen LogP contribution >= 0.6 is 11.6 Å². The minimum atomic E-state index is -1.85. The van der Waals surface area contributed by atoms with Gasteiger partial charge in [-0.2, -0.15) is 0 Å². The number of carboxylic acid groups (broad SMARTS) is 1. The number of hydrazine groups is 1. The molecule has 206 valence electrons. The Morgan fingerprint density at radius 1 is 1.11 bits per heavy atom. The lowest BCUT2D eigenvalue weighted by atomic mass is 9.99. The Labute approximate surface area is 222 Å². The van der Waals surface area contributed by atoms with Crippen molar-refractivity contribution in [2.75, 3.05) is 24.0 Å². The first-order valence-electron chi connectivity index (χ1n) is 11.6. The number of aliphatic hydroxyl groups excluding tert-OH is 3. The van der Waals surface area contributed by atoms with Crippen molar-refractivity contribution in [3.63, 3.8) is 0 Å². The van der Waals surface area contributed by atoms with Crippen LogP contribution in [-0.4, -0.2) is 89.2 Å². The Morgan fingerprint density at radius 2 is 1.82 bits per heavy atom. The third-order valence-electron chi connectivity index (χ3n) is 6.10. The number of nitrogens with one attached hydrogen (secondary N) is 2. The maximum Gasteiger partial charge on any atom is 0.411 e. The number of rotatable bonds is 8. The number of aliphatic hydroxyl groups is 3. The zero-order valence-electron chi connectivity index (χ0n) is 20.1. The minimum absolute atomic E-state index is 0.0132. The summed E-state index contributed by atoms with van der Waals surface area (Å²) in [5.41, 5.74) is 4.95. The van der Waals surface area contributed by atoms with Crippen LogP contribution in [0.2, 0.25) is 5.02 Å². The number of carbonyl (C=O) groups excluding carboxylic acids is 1. The maximum atomic E-state index is 11.7. The second-order valence-corrected chi connectivity index (χ2v) is 9.07. The molecule has 7 unspecified atom stereocenters. The summed E-state index contributed by atoms with van der Waals surface area (Å²) >= 11 is 6.00. The molecule has 0 saturated carbocycles. The van der Waals surface area contributed by atoms with Gasteiger partial charge < -0.3 is 44.4 Å². The van der Waals surface area contributed by atoms with E-state index in [0.717, 1.165) is 0 Å². The first kappa shape index (κ1) is 28.0. The molecule has 6 N–H and O–H groups in total. The summed E-state index contributed by atoms with van der Waals surface area (Å²) in [5, 5.41) is 44.8. The van der Waals surface area contributed by atoms with Gasteiger partial charge in [-0.15, -0.1) is 0 Å². The van der Waals surface area contributed by atoms with E-state index in [-0.39, 0.29) is 13.2 Å². The molecule has 7 atom stereocenters. The predicted molar refractivity (Wildman–Crippen MR) is 132 cm³/mol. The standard InChI is InChI=1S/C24H28ClN3O10/c1-35-24(34)26-15-5-3-2-4-12(15)11-36-21-16(10-28(27-21)14-8-6-13(25)7-9-14)37-23-19(31)17(29)18(30)20(38-23)22(32)33/h2-9,16-21,23,27,29-31H,10-11H2,1H3,(H,26,34)(H,32,33). The van der Waals surface area contributed by atoms with Crippen LogP contribution in [0.25, 0.3) is 0 Å². The summed E-state index contributed by atoms with van der Waals surface area (Å²) in [5.74, 6) is -1.52. The molecule has 0 aromatic heterocycles. The minimum Gasteiger partial charge on any atom is -0.479 e. The van der Waals surface area contributed by atoms with Crippen molar-refractivity contribution < 1.29 is 49.0 Å². The van der Waals surface area contributed by atoms with Gasteiger partial charge in [0.1, 0.15) is 24.4 Å². The highest BCUT2D eigenvalue weighted by atomic mass is 35.5. The predicted octanol–water partition coefficient (Wildman–Crippen LogP) is 0.663. The molecule has 2 aliphatic rings. The topological polar surface area (TPSA) is 179 Å². The van der Waals surface area contributed by atoms with E-state index in [9.17, 15) is 30.0 Å². The molecule has 1 amide bonds. The van der Waals surface area contributed by atoms with Crippen molar-refractivity contribution in [1.29, 1.82) is 0 Å². The van der Waals surface area contributed by atoms with Crippen molar-refractivity contribution in [2.24, 2.45) is 0 Å². The Kier molecular flexibility index (Phi) is 9.02. The lowest BCUT2D eigenvalue weighted by molar-refractivity contribution is -0.309. The van der Waals surface area contributed by atoms with Gasteiger partial charge in [0.25, 0.3) is 0 Å². The van der Waals surface area contributed by atoms with Gasteiger partial charge in [-0.25, -0.2) is 15.0 Å². The van der Waals surface area contributed by atoms with Crippen LogP contribution in [0.4, 0.5) is 16.2 Å². The summed E-state index contributed by atoms with van der Waals surface area (Å²) in [7, 11) is 1.25. The van der Waals surface area contributed by atoms with Gasteiger partial charge in [0, 0.05) is 16.3 Å². The number of hydrogen-bond donors (Lipinski definition) is 6. The molecule has 38 heavy (non-hydrogen) atoms. The number of hydrogen-bond acceptors (Lipinski definition) is 11. The molecule has 2 aromatic rings. The molecule has 13 nitrogen and oxygen atoms in total. The van der Waals surface area contributed by atoms with Crippen LogP contribution in [0.5, 0.6) is 0 Å². The Hall–Kier alpha value is -3.01. The Bertz CT molecular complexity index is 1120. The lowest BCUT2D eigenvalue weighted by Gasteiger charge is -2.39. The summed E-state index contributed by atoms with van der Waals surface area (Å²) in [6.45, 7) is 0.177. The molecule has 2 saturated heterocycles. The number of halogens is 1. The molecule has 0 radical (unpaired) electrons. The molecular formula is C24H28ClN3O10. The summed E-state index contributed by atoms with van der Waals surface area (Å²) in [6, 6.07) is 13.8. The first-order valence-corrected chi connectivity index (χ1v) is 12.0. The molecule has 0 aliphatic carbocycles. The van der Waals surface area contributed by atoms with Gasteiger partial charge in [-0.05, 0) is 30.3 Å². The van der Waals surface area contributed by atoms with Gasteiger partial charge >= 0.3 is 12.1 Å². The van der Waals surface area contributed by atoms with Crippen LogP contribution in [0, 0.1) is 0 Å². The molecule has 2 aliphatic heterocycles. The average molecular weight is 554 g/mol. The fraction of sp³-hybridized carbons (Fsp3) is 0.417. The normalized spacial score (nSPS) is 29.2. The molecule has 0 spiro atoms. The third kappa shape index (κ3) is 6.34. The number of anilines is 2. The fourth-order valence-corrected chi connectivity index (χ4v) is 4.20. The molecular weight excluding hydrogens is 526 g/mol. The van der Waals surface area contributed by atoms with Gasteiger partial charge in [-0.1, -0.05) is 29.8 Å². The molecule has 2 heterocycles. The van der Waals surface area contributed by atoms with Crippen molar-refractivity contribution in [3.8, 4) is 0 Å². The van der Waals surface area contributed by atoms with E-state index < -0.39 is 55.1 Å². The van der Waals surface area contributed by atoms with Gasteiger partial charge in [0.05, 0.1) is 25.9 Å². The molecule has 2 fully saturated rings. The SMILES string of the molecule is COC(=O)Nc1ccccc1COC1NN(c2ccc(Cl)cc2)CC1OC1OC(C(=O)O)C(O)C(O)C1O. The number of methoxy groups -OCH3 is 1. The number of carbonyl (C=O) groups is 2. The summed E-state index contributed by atoms with van der Waals surface area (Å²) < 4.78 is 21.9. The van der Waals surface area contributed by atoms with Crippen molar-refractivity contribution in [1.82, 2.24) is 5.43 Å². The molecule has 0 bridgehead atoms. The second-order valence-electron chi connectivity index (χ2n) is 8.63. The number of benzene rings is 2. The van der Waals surface area contributed by atoms with Gasteiger partial charge in [-0.3, -0.25) is 5.32 Å². The highest BCUT2D eigenvalue weighted by Gasteiger charge is 2.49. The van der Waals surface area contributed by atoms with Crippen LogP contribution in [-0.2, 0) is 30.3 Å². The Balaban J connectivity index is 1.52. The van der Waals surface area contributed by atoms with Crippen LogP contribution in [0.1, 0.15) is 5.56 Å². The van der Waals surface area contributed by atoms with Crippen LogP contribution in [0.15, 0.2) is 48.5 Å². The van der Waals surface area contributed by atoms with E-state index in [1.807, 2.05) is 0 Å². The zero-order valence-corrected chi connectivity index (χ0v) is 20.9. The maximum absolute atomic E-state index is 11.7. The number of aliphatic carboxylic acids is 1. The van der Waals surface area contributed by atoms with E-state index in [4.69, 9.17) is 25.8 Å². The summed E-state index contributed by atoms with van der Waals surface area (Å²) in [4.78, 5) is 23.2. The number of nitrogens with zero attached hydrogens (tertiary/aromatic N) is 1. The highest BCUT2D eigenvalue weighted by Crippen LogP contribution is 2.28. The second kappa shape index (κ2) is 12.2. The number of amides is 1. The molecule has 2 aromatic carbocycles. The van der Waals surface area contributed by atoms with E-state index >= 15 is 0 Å². The number of ether oxygens (including phenoxy) is 4. The van der Waals surface area contributed by atoms with E-state index in [0.29, 0.717) is 22.0 Å². The van der Waals surface area contributed by atoms with Crippen molar-refractivity contribution >= 4 is 35.0 Å². The van der Waals surface area contributed by atoms with E-state index in [1.165, 1.54) is 7.11 Å². The van der Waals surface area contributed by atoms with Crippen LogP contribution < -0.4 is 15.8 Å². The monoisotopic (exact) mass is 553 g/mol. The highest BCUT2D eigenvalue weighted by molar-refractivity contribution is 6.30. The smallest absolute Gasteiger partial charge is 0.411 e. The van der Waals surface area contributed by atoms with E-state index in [1.54, 1.807) is 53.5 Å². The largest absolute Gasteiger partial charge is 0.479 e. The van der Waals surface area contributed by atoms with Crippen molar-refractivity contribution in [2.45, 2.75) is 49.6 Å². The average Bonchev–Trinajstić information content (AvgIpc) is 3.31. The molecule has 14 heteroatoms. The molecule has 4 rings (SSSR count). The zero-order chi connectivity index (χ0) is 27.4. The lowest BCUT2D eigenvalue weighted by Crippen LogP contribution is -2.61. The Morgan fingerprint density at radius 3 is 2.50 bits per heavy atom.